The molecule has 6 rings (SSSR count). The number of anilines is 2. The van der Waals surface area contributed by atoms with E-state index in [9.17, 15) is 50.8 Å². The molecule has 5 aromatic carbocycles. The summed E-state index contributed by atoms with van der Waals surface area (Å²) in [7, 11) is 1.32. The SMILES string of the molecule is COc1ccc(C(OCC(C)(COP(OCCC#N)N(C(C)C)C(C)C)C(=O)NCCNc2cccc3c2C(=O)c2cccc(NCCN(CCNC(=O)C(F)(F)F)CCNC(=O)C(F)(F)F)c2C3=O)(c2ccccc2)c2ccc(OC)cc2)cc1. The number of rotatable bonds is 32. The van der Waals surface area contributed by atoms with Crippen LogP contribution in [0, 0.1) is 16.7 Å². The molecule has 1 aliphatic rings. The molecule has 5 aromatic rings. The van der Waals surface area contributed by atoms with Gasteiger partial charge in [-0.25, -0.2) is 4.67 Å². The third-order valence-corrected chi connectivity index (χ3v) is 16.0. The summed E-state index contributed by atoms with van der Waals surface area (Å²) in [4.78, 5) is 68.1. The standard InChI is InChI=1S/C61H71F6N8O10P/c1-40(2)75(41(3)4)86(84-37-13-28-68)85-39-58(5,38-83-59(42-14-9-8-10-15-42,43-20-24-45(81-6)25-21-43)44-22-26-46(82-7)27-23-44)55(78)71-30-29-69-49-18-11-16-47-51(49)53(76)48-17-12-19-50(52(48)54(47)77)70-31-34-74(35-32-72-56(79)60(62,63)64)36-33-73-57(80)61(65,66)67/h8-12,14-27,40-41,69-70H,13,29-39H2,1-7H3,(H,71,78)(H,72,79)(H,73,80). The number of ether oxygens (including phenoxy) is 3. The number of ketones is 2. The van der Waals surface area contributed by atoms with Crippen molar-refractivity contribution in [3.63, 3.8) is 0 Å². The van der Waals surface area contributed by atoms with Crippen LogP contribution >= 0.6 is 8.53 Å². The van der Waals surface area contributed by atoms with E-state index in [1.165, 1.54) is 29.2 Å². The first-order chi connectivity index (χ1) is 40.9. The first-order valence-electron chi connectivity index (χ1n) is 27.6. The Morgan fingerprint density at radius 2 is 1.02 bits per heavy atom. The first-order valence-corrected chi connectivity index (χ1v) is 28.8. The fraction of sp³-hybridized carbons (Fsp3) is 0.410. The molecule has 0 saturated carbocycles. The van der Waals surface area contributed by atoms with E-state index in [1.54, 1.807) is 43.9 Å². The summed E-state index contributed by atoms with van der Waals surface area (Å²) in [6.07, 6.45) is -10.2. The highest BCUT2D eigenvalue weighted by molar-refractivity contribution is 7.44. The lowest BCUT2D eigenvalue weighted by Crippen LogP contribution is -2.48. The number of carbonyl (C=O) groups excluding carboxylic acids is 5. The Kier molecular flexibility index (Phi) is 24.0. The minimum Gasteiger partial charge on any atom is -0.497 e. The molecular weight excluding hydrogens is 1150 g/mol. The van der Waals surface area contributed by atoms with E-state index >= 15 is 4.79 Å². The van der Waals surface area contributed by atoms with E-state index in [4.69, 9.17) is 23.3 Å². The van der Waals surface area contributed by atoms with Crippen LogP contribution in [0.2, 0.25) is 0 Å². The maximum Gasteiger partial charge on any atom is 0.471 e. The maximum atomic E-state index is 15.1. The van der Waals surface area contributed by atoms with E-state index in [2.05, 4.69) is 26.7 Å². The number of nitrogens with one attached hydrogen (secondary N) is 5. The zero-order valence-electron chi connectivity index (χ0n) is 48.7. The monoisotopic (exact) mass is 1220 g/mol. The summed E-state index contributed by atoms with van der Waals surface area (Å²) in [6.45, 7) is 7.79. The highest BCUT2D eigenvalue weighted by Crippen LogP contribution is 2.48. The molecule has 0 heterocycles. The van der Waals surface area contributed by atoms with Crippen LogP contribution in [-0.4, -0.2) is 150 Å². The molecular formula is C61H71F6N8O10P. The molecule has 0 bridgehead atoms. The third kappa shape index (κ3) is 17.1. The molecule has 1 aliphatic carbocycles. The molecule has 5 N–H and O–H groups in total. The maximum absolute atomic E-state index is 15.1. The molecule has 462 valence electrons. The van der Waals surface area contributed by atoms with Crippen molar-refractivity contribution in [3.05, 3.63) is 154 Å². The van der Waals surface area contributed by atoms with Crippen LogP contribution in [0.4, 0.5) is 37.7 Å². The summed E-state index contributed by atoms with van der Waals surface area (Å²) in [5, 5.41) is 22.2. The lowest BCUT2D eigenvalue weighted by molar-refractivity contribution is -0.173. The topological polar surface area (TPSA) is 222 Å². The minimum absolute atomic E-state index is 0.00360. The second kappa shape index (κ2) is 30.6. The van der Waals surface area contributed by atoms with E-state index in [-0.39, 0.29) is 106 Å². The van der Waals surface area contributed by atoms with Crippen LogP contribution in [0.5, 0.6) is 11.5 Å². The van der Waals surface area contributed by atoms with Gasteiger partial charge in [-0.2, -0.15) is 31.6 Å². The zero-order valence-corrected chi connectivity index (χ0v) is 49.6. The van der Waals surface area contributed by atoms with Crippen LogP contribution in [0.3, 0.4) is 0 Å². The number of hydrogen-bond acceptors (Lipinski definition) is 15. The van der Waals surface area contributed by atoms with Gasteiger partial charge >= 0.3 is 24.2 Å². The second-order valence-electron chi connectivity index (χ2n) is 20.7. The van der Waals surface area contributed by atoms with Gasteiger partial charge < -0.3 is 49.8 Å². The predicted octanol–water partition coefficient (Wildman–Crippen LogP) is 9.39. The Bertz CT molecular complexity index is 3060. The number of alkyl halides is 6. The van der Waals surface area contributed by atoms with Crippen LogP contribution in [0.25, 0.3) is 0 Å². The quantitative estimate of drug-likeness (QED) is 0.0115. The van der Waals surface area contributed by atoms with Crippen LogP contribution < -0.4 is 36.1 Å². The van der Waals surface area contributed by atoms with Crippen LogP contribution in [-0.2, 0) is 33.8 Å². The van der Waals surface area contributed by atoms with Gasteiger partial charge in [0.1, 0.15) is 17.1 Å². The van der Waals surface area contributed by atoms with Crippen molar-refractivity contribution in [2.24, 2.45) is 5.41 Å². The number of nitriles is 1. The van der Waals surface area contributed by atoms with Gasteiger partial charge in [0.05, 0.1) is 63.1 Å². The lowest BCUT2D eigenvalue weighted by Gasteiger charge is -2.40. The van der Waals surface area contributed by atoms with E-state index < -0.39 is 74.3 Å². The number of benzene rings is 5. The fourth-order valence-corrected chi connectivity index (χ4v) is 11.4. The molecule has 3 amide bonds. The second-order valence-corrected chi connectivity index (χ2v) is 22.2. The van der Waals surface area contributed by atoms with Crippen molar-refractivity contribution >= 4 is 49.2 Å². The van der Waals surface area contributed by atoms with Crippen molar-refractivity contribution in [1.29, 1.82) is 5.26 Å². The number of halogens is 6. The van der Waals surface area contributed by atoms with Gasteiger partial charge in [0, 0.05) is 86.9 Å². The number of fused-ring (bicyclic) bond motifs is 2. The minimum atomic E-state index is -5.17. The number of hydrogen-bond donors (Lipinski definition) is 5. The summed E-state index contributed by atoms with van der Waals surface area (Å²) in [6, 6.07) is 35.8. The van der Waals surface area contributed by atoms with E-state index in [1.807, 2.05) is 107 Å². The lowest BCUT2D eigenvalue weighted by atomic mass is 9.79. The zero-order chi connectivity index (χ0) is 62.8. The van der Waals surface area contributed by atoms with Gasteiger partial charge in [-0.05, 0) is 87.7 Å². The summed E-state index contributed by atoms with van der Waals surface area (Å²) in [5.41, 5.74) is 0.149. The smallest absolute Gasteiger partial charge is 0.471 e. The highest BCUT2D eigenvalue weighted by Gasteiger charge is 2.45. The fourth-order valence-electron chi connectivity index (χ4n) is 9.69. The van der Waals surface area contributed by atoms with Crippen molar-refractivity contribution in [3.8, 4) is 17.6 Å². The molecule has 0 radical (unpaired) electrons. The molecule has 0 aromatic heterocycles. The normalized spacial score (nSPS) is 13.6. The van der Waals surface area contributed by atoms with Gasteiger partial charge in [-0.1, -0.05) is 78.9 Å². The van der Waals surface area contributed by atoms with Crippen LogP contribution in [0.15, 0.2) is 115 Å². The van der Waals surface area contributed by atoms with E-state index in [0.29, 0.717) is 17.2 Å². The summed E-state index contributed by atoms with van der Waals surface area (Å²) >= 11 is 0. The average Bonchev–Trinajstić information content (AvgIpc) is 1.15. The Morgan fingerprint density at radius 1 is 0.570 bits per heavy atom. The molecule has 0 aliphatic heterocycles. The summed E-state index contributed by atoms with van der Waals surface area (Å²) < 4.78 is 111. The molecule has 2 unspecified atom stereocenters. The largest absolute Gasteiger partial charge is 0.497 e. The third-order valence-electron chi connectivity index (χ3n) is 14.0. The first kappa shape index (κ1) is 67.5. The van der Waals surface area contributed by atoms with Gasteiger partial charge in [0.15, 0.2) is 11.6 Å². The van der Waals surface area contributed by atoms with Gasteiger partial charge in [-0.3, -0.25) is 28.9 Å². The number of nitrogens with zero attached hydrogens (tertiary/aromatic N) is 3. The highest BCUT2D eigenvalue weighted by atomic mass is 31.2. The summed E-state index contributed by atoms with van der Waals surface area (Å²) in [5.74, 6) is -4.68. The van der Waals surface area contributed by atoms with Crippen molar-refractivity contribution in [2.45, 2.75) is 71.1 Å². The molecule has 18 nitrogen and oxygen atoms in total. The Labute approximate surface area is 497 Å². The number of carbonyl (C=O) groups is 5. The Morgan fingerprint density at radius 3 is 1.48 bits per heavy atom. The van der Waals surface area contributed by atoms with Crippen molar-refractivity contribution in [1.82, 2.24) is 25.5 Å². The molecule has 0 spiro atoms. The number of methoxy groups -OCH3 is 2. The predicted molar refractivity (Wildman–Crippen MR) is 312 cm³/mol. The van der Waals surface area contributed by atoms with Crippen molar-refractivity contribution < 1.29 is 73.6 Å². The average molecular weight is 1220 g/mol. The van der Waals surface area contributed by atoms with E-state index in [0.717, 1.165) is 16.7 Å². The van der Waals surface area contributed by atoms with Crippen molar-refractivity contribution in [2.75, 3.05) is 97.0 Å². The molecule has 2 atom stereocenters. The molecule has 0 saturated heterocycles. The Hall–Kier alpha value is -7.65. The molecule has 86 heavy (non-hydrogen) atoms. The molecule has 25 heteroatoms. The Balaban J connectivity index is 1.23. The molecule has 0 fully saturated rings. The van der Waals surface area contributed by atoms with Crippen LogP contribution in [0.1, 0.15) is 89.6 Å². The van der Waals surface area contributed by atoms with Gasteiger partial charge in [0.25, 0.3) is 8.53 Å². The number of amides is 3. The van der Waals surface area contributed by atoms with Gasteiger partial charge in [0.2, 0.25) is 5.91 Å². The van der Waals surface area contributed by atoms with Gasteiger partial charge in [-0.15, -0.1) is 0 Å².